The van der Waals surface area contributed by atoms with E-state index in [4.69, 9.17) is 15.0 Å². The fourth-order valence-electron chi connectivity index (χ4n) is 1.80. The van der Waals surface area contributed by atoms with Gasteiger partial charge in [0.2, 0.25) is 0 Å². The Morgan fingerprint density at radius 3 is 2.04 bits per heavy atom. The van der Waals surface area contributed by atoms with Crippen molar-refractivity contribution < 1.29 is 41.8 Å². The molecule has 0 aromatic heterocycles. The largest absolute Gasteiger partial charge is 0.490 e. The molecule has 0 bridgehead atoms. The second-order valence-electron chi connectivity index (χ2n) is 4.89. The lowest BCUT2D eigenvalue weighted by Gasteiger charge is -2.10. The third kappa shape index (κ3) is 6.04. The number of alkyl halides is 3. The van der Waals surface area contributed by atoms with Gasteiger partial charge in [0, 0.05) is 5.56 Å². The number of aliphatic carboxylic acids is 1. The van der Waals surface area contributed by atoms with E-state index in [0.717, 1.165) is 6.07 Å². The molecule has 5 nitrogen and oxygen atoms in total. The molecule has 2 aromatic rings. The molecule has 3 N–H and O–H groups in total. The van der Waals surface area contributed by atoms with Crippen molar-refractivity contribution in [3.8, 4) is 11.1 Å². The van der Waals surface area contributed by atoms with Gasteiger partial charge in [0.15, 0.2) is 0 Å². The van der Waals surface area contributed by atoms with Crippen LogP contribution in [0, 0.1) is 18.6 Å². The number of carbonyl (C=O) groups is 2. The number of halogens is 5. The van der Waals surface area contributed by atoms with Gasteiger partial charge in [-0.05, 0) is 48.4 Å². The first-order valence-corrected chi connectivity index (χ1v) is 6.78. The molecule has 0 atom stereocenters. The maximum Gasteiger partial charge on any atom is 0.490 e. The quantitative estimate of drug-likeness (QED) is 0.664. The lowest BCUT2D eigenvalue weighted by molar-refractivity contribution is -0.192. The highest BCUT2D eigenvalue weighted by molar-refractivity contribution is 5.90. The van der Waals surface area contributed by atoms with Crippen LogP contribution in [-0.4, -0.2) is 28.5 Å². The van der Waals surface area contributed by atoms with E-state index in [9.17, 15) is 26.7 Å². The van der Waals surface area contributed by atoms with E-state index in [-0.39, 0.29) is 11.5 Å². The van der Waals surface area contributed by atoms with Crippen molar-refractivity contribution in [3.63, 3.8) is 0 Å². The van der Waals surface area contributed by atoms with E-state index in [1.54, 1.807) is 13.0 Å². The van der Waals surface area contributed by atoms with Gasteiger partial charge in [-0.1, -0.05) is 6.07 Å². The van der Waals surface area contributed by atoms with Crippen molar-refractivity contribution in [1.29, 1.82) is 0 Å². The molecule has 0 spiro atoms. The molecular formula is C16H12F5NO4. The monoisotopic (exact) mass is 377 g/mol. The number of amides is 1. The van der Waals surface area contributed by atoms with Crippen molar-refractivity contribution in [1.82, 2.24) is 0 Å². The van der Waals surface area contributed by atoms with Crippen LogP contribution in [-0.2, 0) is 4.79 Å². The number of carboxylic acid groups (broad SMARTS) is 2. The molecule has 26 heavy (non-hydrogen) atoms. The highest BCUT2D eigenvalue weighted by Gasteiger charge is 2.38. The summed E-state index contributed by atoms with van der Waals surface area (Å²) in [5.41, 5.74) is 1.66. The minimum Gasteiger partial charge on any atom is -0.475 e. The second kappa shape index (κ2) is 8.28. The van der Waals surface area contributed by atoms with Gasteiger partial charge in [-0.15, -0.1) is 0 Å². The molecule has 10 heteroatoms. The number of benzene rings is 2. The van der Waals surface area contributed by atoms with Gasteiger partial charge in [-0.2, -0.15) is 13.2 Å². The van der Waals surface area contributed by atoms with Gasteiger partial charge < -0.3 is 10.2 Å². The number of nitrogens with one attached hydrogen (secondary N) is 1. The van der Waals surface area contributed by atoms with Crippen LogP contribution >= 0.6 is 0 Å². The van der Waals surface area contributed by atoms with E-state index >= 15 is 0 Å². The molecule has 0 aliphatic rings. The molecule has 2 aromatic carbocycles. The Hall–Kier alpha value is -3.17. The first kappa shape index (κ1) is 20.9. The van der Waals surface area contributed by atoms with Crippen LogP contribution in [0.3, 0.4) is 0 Å². The molecule has 0 heterocycles. The van der Waals surface area contributed by atoms with Gasteiger partial charge in [-0.25, -0.2) is 18.4 Å². The zero-order valence-corrected chi connectivity index (χ0v) is 13.1. The summed E-state index contributed by atoms with van der Waals surface area (Å²) in [5, 5.41) is 18.0. The van der Waals surface area contributed by atoms with Crippen molar-refractivity contribution >= 4 is 17.7 Å². The maximum atomic E-state index is 13.2. The molecule has 0 saturated heterocycles. The fraction of sp³-hybridized carbons (Fsp3) is 0.125. The van der Waals surface area contributed by atoms with E-state index in [0.29, 0.717) is 16.7 Å². The highest BCUT2D eigenvalue weighted by atomic mass is 19.4. The van der Waals surface area contributed by atoms with Crippen LogP contribution in [0.4, 0.5) is 32.4 Å². The topological polar surface area (TPSA) is 86.6 Å². The van der Waals surface area contributed by atoms with Gasteiger partial charge in [-0.3, -0.25) is 5.32 Å². The lowest BCUT2D eigenvalue weighted by atomic mass is 10.0. The average Bonchev–Trinajstić information content (AvgIpc) is 2.49. The molecular weight excluding hydrogens is 365 g/mol. The molecule has 0 radical (unpaired) electrons. The molecule has 1 amide bonds. The summed E-state index contributed by atoms with van der Waals surface area (Å²) in [6.07, 6.45) is -6.37. The Labute approximate surface area is 143 Å². The van der Waals surface area contributed by atoms with Crippen molar-refractivity contribution in [2.75, 3.05) is 5.32 Å². The zero-order valence-electron chi connectivity index (χ0n) is 13.1. The molecule has 0 aliphatic heterocycles. The van der Waals surface area contributed by atoms with E-state index < -0.39 is 24.1 Å². The Balaban J connectivity index is 0.000000412. The van der Waals surface area contributed by atoms with Crippen LogP contribution in [0.25, 0.3) is 11.1 Å². The Bertz CT molecular complexity index is 821. The first-order valence-electron chi connectivity index (χ1n) is 6.78. The van der Waals surface area contributed by atoms with Crippen LogP contribution in [0.15, 0.2) is 36.4 Å². The van der Waals surface area contributed by atoms with Gasteiger partial charge in [0.05, 0.1) is 5.69 Å². The lowest BCUT2D eigenvalue weighted by Crippen LogP contribution is -2.21. The predicted octanol–water partition coefficient (Wildman–Crippen LogP) is 4.66. The zero-order chi connectivity index (χ0) is 20.1. The number of hydrogen-bond acceptors (Lipinski definition) is 2. The standard InChI is InChI=1S/C14H11F2NO2.C2HF3O2/c1-8-6-9(2-5-12(8)16)11-4-3-10(15)7-13(11)17-14(18)19;3-2(4,5)1(6)7/h2-7,17H,1H3,(H,18,19);(H,6,7). The van der Waals surface area contributed by atoms with E-state index in [2.05, 4.69) is 5.32 Å². The van der Waals surface area contributed by atoms with Crippen molar-refractivity contribution in [3.05, 3.63) is 53.6 Å². The van der Waals surface area contributed by atoms with E-state index in [1.165, 1.54) is 24.3 Å². The molecule has 0 saturated carbocycles. The molecule has 2 rings (SSSR count). The van der Waals surface area contributed by atoms with E-state index in [1.807, 2.05) is 0 Å². The van der Waals surface area contributed by atoms with Crippen LogP contribution in [0.2, 0.25) is 0 Å². The van der Waals surface area contributed by atoms with Gasteiger partial charge in [0.25, 0.3) is 0 Å². The maximum absolute atomic E-state index is 13.2. The Kier molecular flexibility index (Phi) is 6.64. The van der Waals surface area contributed by atoms with Crippen LogP contribution in [0.5, 0.6) is 0 Å². The normalized spacial score (nSPS) is 10.5. The Morgan fingerprint density at radius 1 is 1.00 bits per heavy atom. The van der Waals surface area contributed by atoms with Gasteiger partial charge in [0.1, 0.15) is 11.6 Å². The van der Waals surface area contributed by atoms with Crippen molar-refractivity contribution in [2.45, 2.75) is 13.1 Å². The number of carboxylic acids is 1. The van der Waals surface area contributed by atoms with Crippen LogP contribution < -0.4 is 5.32 Å². The first-order chi connectivity index (χ1) is 11.9. The minimum absolute atomic E-state index is 0.124. The SMILES string of the molecule is Cc1cc(-c2ccc(F)cc2NC(=O)O)ccc1F.O=C(O)C(F)(F)F. The van der Waals surface area contributed by atoms with Gasteiger partial charge >= 0.3 is 18.2 Å². The number of anilines is 1. The van der Waals surface area contributed by atoms with Crippen molar-refractivity contribution in [2.24, 2.45) is 0 Å². The molecule has 0 unspecified atom stereocenters. The summed E-state index contributed by atoms with van der Waals surface area (Å²) in [6.45, 7) is 1.60. The summed E-state index contributed by atoms with van der Waals surface area (Å²) in [6, 6.07) is 8.15. The summed E-state index contributed by atoms with van der Waals surface area (Å²) < 4.78 is 58.1. The predicted molar refractivity (Wildman–Crippen MR) is 81.9 cm³/mol. The summed E-state index contributed by atoms with van der Waals surface area (Å²) in [4.78, 5) is 19.6. The highest BCUT2D eigenvalue weighted by Crippen LogP contribution is 2.30. The fourth-order valence-corrected chi connectivity index (χ4v) is 1.80. The number of hydrogen-bond donors (Lipinski definition) is 3. The smallest absolute Gasteiger partial charge is 0.475 e. The third-order valence-corrected chi connectivity index (χ3v) is 2.93. The summed E-state index contributed by atoms with van der Waals surface area (Å²) in [5.74, 6) is -3.66. The number of rotatable bonds is 2. The average molecular weight is 377 g/mol. The summed E-state index contributed by atoms with van der Waals surface area (Å²) >= 11 is 0. The number of aryl methyl sites for hydroxylation is 1. The minimum atomic E-state index is -5.08. The second-order valence-corrected chi connectivity index (χ2v) is 4.89. The third-order valence-electron chi connectivity index (χ3n) is 2.93. The summed E-state index contributed by atoms with van der Waals surface area (Å²) in [7, 11) is 0. The molecule has 0 aliphatic carbocycles. The molecule has 140 valence electrons. The van der Waals surface area contributed by atoms with Crippen LogP contribution in [0.1, 0.15) is 5.56 Å². The molecule has 0 fully saturated rings. The Morgan fingerprint density at radius 2 is 1.58 bits per heavy atom.